The van der Waals surface area contributed by atoms with Crippen molar-refractivity contribution in [1.82, 2.24) is 5.32 Å². The molecule has 0 aromatic heterocycles. The Morgan fingerprint density at radius 1 is 1.06 bits per heavy atom. The van der Waals surface area contributed by atoms with Crippen LogP contribution in [0.2, 0.25) is 0 Å². The first-order chi connectivity index (χ1) is 7.83. The number of hydrogen-bond acceptors (Lipinski definition) is 2. The molecule has 1 N–H and O–H groups in total. The minimum atomic E-state index is 0.974. The number of rotatable bonds is 8. The molecular formula is C14H29NS. The minimum Gasteiger partial charge on any atom is -0.316 e. The lowest BCUT2D eigenvalue weighted by Crippen LogP contribution is -2.26. The SMILES string of the molecule is CSCCCCCNCC1CCC(C)CC1. The van der Waals surface area contributed by atoms with Gasteiger partial charge in [0.05, 0.1) is 0 Å². The lowest BCUT2D eigenvalue weighted by molar-refractivity contribution is 0.281. The van der Waals surface area contributed by atoms with Crippen LogP contribution in [0.1, 0.15) is 51.9 Å². The van der Waals surface area contributed by atoms with Gasteiger partial charge in [0.1, 0.15) is 0 Å². The summed E-state index contributed by atoms with van der Waals surface area (Å²) < 4.78 is 0. The summed E-state index contributed by atoms with van der Waals surface area (Å²) in [5, 5.41) is 3.64. The predicted molar refractivity (Wildman–Crippen MR) is 76.2 cm³/mol. The molecule has 1 aliphatic rings. The van der Waals surface area contributed by atoms with Crippen LogP contribution in [0.25, 0.3) is 0 Å². The van der Waals surface area contributed by atoms with E-state index in [0.29, 0.717) is 0 Å². The van der Waals surface area contributed by atoms with E-state index in [-0.39, 0.29) is 0 Å². The highest BCUT2D eigenvalue weighted by atomic mass is 32.2. The van der Waals surface area contributed by atoms with Gasteiger partial charge in [0, 0.05) is 0 Å². The smallest absolute Gasteiger partial charge is 0.00205 e. The second-order valence-corrected chi connectivity index (χ2v) is 6.37. The molecule has 0 bridgehead atoms. The van der Waals surface area contributed by atoms with Gasteiger partial charge < -0.3 is 5.32 Å². The molecule has 0 aromatic rings. The van der Waals surface area contributed by atoms with Crippen LogP contribution in [0.15, 0.2) is 0 Å². The van der Waals surface area contributed by atoms with Crippen molar-refractivity contribution in [1.29, 1.82) is 0 Å². The summed E-state index contributed by atoms with van der Waals surface area (Å²) in [6.45, 7) is 4.91. The summed E-state index contributed by atoms with van der Waals surface area (Å²) in [7, 11) is 0. The zero-order valence-corrected chi connectivity index (χ0v) is 12.0. The van der Waals surface area contributed by atoms with Crippen LogP contribution in [0, 0.1) is 11.8 Å². The lowest BCUT2D eigenvalue weighted by atomic mass is 9.83. The first kappa shape index (κ1) is 14.4. The molecule has 0 spiro atoms. The summed E-state index contributed by atoms with van der Waals surface area (Å²) in [6, 6.07) is 0. The lowest BCUT2D eigenvalue weighted by Gasteiger charge is -2.26. The van der Waals surface area contributed by atoms with Crippen molar-refractivity contribution in [2.45, 2.75) is 51.9 Å². The molecule has 0 amide bonds. The van der Waals surface area contributed by atoms with Crippen LogP contribution in [-0.2, 0) is 0 Å². The largest absolute Gasteiger partial charge is 0.316 e. The highest BCUT2D eigenvalue weighted by Crippen LogP contribution is 2.27. The Bertz CT molecular complexity index is 153. The van der Waals surface area contributed by atoms with Gasteiger partial charge in [-0.15, -0.1) is 0 Å². The van der Waals surface area contributed by atoms with Crippen molar-refractivity contribution in [3.63, 3.8) is 0 Å². The summed E-state index contributed by atoms with van der Waals surface area (Å²) in [4.78, 5) is 0. The topological polar surface area (TPSA) is 12.0 Å². The van der Waals surface area contributed by atoms with Gasteiger partial charge in [0.15, 0.2) is 0 Å². The van der Waals surface area contributed by atoms with Crippen LogP contribution in [0.3, 0.4) is 0 Å². The highest BCUT2D eigenvalue weighted by Gasteiger charge is 2.17. The molecule has 0 aliphatic heterocycles. The number of thioether (sulfide) groups is 1. The Balaban J connectivity index is 1.84. The maximum absolute atomic E-state index is 3.64. The fourth-order valence-corrected chi connectivity index (χ4v) is 3.01. The Morgan fingerprint density at radius 2 is 1.81 bits per heavy atom. The van der Waals surface area contributed by atoms with Gasteiger partial charge >= 0.3 is 0 Å². The first-order valence-corrected chi connectivity index (χ1v) is 8.42. The van der Waals surface area contributed by atoms with Gasteiger partial charge in [-0.3, -0.25) is 0 Å². The molecule has 0 radical (unpaired) electrons. The fourth-order valence-electron chi connectivity index (χ4n) is 2.51. The average molecular weight is 243 g/mol. The fraction of sp³-hybridized carbons (Fsp3) is 1.00. The Hall–Kier alpha value is 0.310. The van der Waals surface area contributed by atoms with Crippen molar-refractivity contribution in [3.05, 3.63) is 0 Å². The Kier molecular flexibility index (Phi) is 8.40. The van der Waals surface area contributed by atoms with Crippen LogP contribution in [0.5, 0.6) is 0 Å². The van der Waals surface area contributed by atoms with E-state index < -0.39 is 0 Å². The molecule has 96 valence electrons. The molecule has 0 aromatic carbocycles. The van der Waals surface area contributed by atoms with Crippen LogP contribution in [0.4, 0.5) is 0 Å². The number of nitrogens with one attached hydrogen (secondary N) is 1. The van der Waals surface area contributed by atoms with E-state index in [9.17, 15) is 0 Å². The molecule has 0 atom stereocenters. The molecule has 1 saturated carbocycles. The average Bonchev–Trinajstić information content (AvgIpc) is 2.30. The van der Waals surface area contributed by atoms with Crippen molar-refractivity contribution in [3.8, 4) is 0 Å². The highest BCUT2D eigenvalue weighted by molar-refractivity contribution is 7.98. The molecule has 1 rings (SSSR count). The van der Waals surface area contributed by atoms with E-state index in [4.69, 9.17) is 0 Å². The van der Waals surface area contributed by atoms with Crippen LogP contribution in [-0.4, -0.2) is 25.1 Å². The summed E-state index contributed by atoms with van der Waals surface area (Å²) in [6.07, 6.45) is 12.2. The Morgan fingerprint density at radius 3 is 2.50 bits per heavy atom. The van der Waals surface area contributed by atoms with E-state index >= 15 is 0 Å². The minimum absolute atomic E-state index is 0.974. The molecule has 0 saturated heterocycles. The standard InChI is InChI=1S/C14H29NS/c1-13-6-8-14(9-7-13)12-15-10-4-3-5-11-16-2/h13-15H,3-12H2,1-2H3. The van der Waals surface area contributed by atoms with E-state index in [1.165, 1.54) is 63.8 Å². The summed E-state index contributed by atoms with van der Waals surface area (Å²) >= 11 is 1.97. The molecule has 2 heteroatoms. The van der Waals surface area contributed by atoms with E-state index in [1.54, 1.807) is 0 Å². The second kappa shape index (κ2) is 9.35. The Labute approximate surface area is 106 Å². The van der Waals surface area contributed by atoms with Crippen molar-refractivity contribution < 1.29 is 0 Å². The van der Waals surface area contributed by atoms with Crippen molar-refractivity contribution >= 4 is 11.8 Å². The van der Waals surface area contributed by atoms with E-state index in [0.717, 1.165) is 11.8 Å². The molecule has 16 heavy (non-hydrogen) atoms. The molecule has 1 nitrogen and oxygen atoms in total. The van der Waals surface area contributed by atoms with Gasteiger partial charge in [0.25, 0.3) is 0 Å². The van der Waals surface area contributed by atoms with Crippen molar-refractivity contribution in [2.75, 3.05) is 25.1 Å². The monoisotopic (exact) mass is 243 g/mol. The van der Waals surface area contributed by atoms with Crippen LogP contribution < -0.4 is 5.32 Å². The molecular weight excluding hydrogens is 214 g/mol. The quantitative estimate of drug-likeness (QED) is 0.648. The van der Waals surface area contributed by atoms with Gasteiger partial charge in [-0.2, -0.15) is 11.8 Å². The van der Waals surface area contributed by atoms with Gasteiger partial charge in [-0.25, -0.2) is 0 Å². The number of unbranched alkanes of at least 4 members (excludes halogenated alkanes) is 2. The van der Waals surface area contributed by atoms with Gasteiger partial charge in [-0.1, -0.05) is 26.2 Å². The third kappa shape index (κ3) is 6.80. The zero-order chi connectivity index (χ0) is 11.6. The van der Waals surface area contributed by atoms with Gasteiger partial charge in [0.2, 0.25) is 0 Å². The van der Waals surface area contributed by atoms with E-state index in [1.807, 2.05) is 11.8 Å². The zero-order valence-electron chi connectivity index (χ0n) is 11.1. The summed E-state index contributed by atoms with van der Waals surface area (Å²) in [5.74, 6) is 3.30. The predicted octanol–water partition coefficient (Wildman–Crippen LogP) is 3.94. The van der Waals surface area contributed by atoms with E-state index in [2.05, 4.69) is 18.5 Å². The second-order valence-electron chi connectivity index (χ2n) is 5.38. The molecule has 0 unspecified atom stereocenters. The molecule has 0 heterocycles. The molecule has 1 fully saturated rings. The van der Waals surface area contributed by atoms with Crippen LogP contribution >= 0.6 is 11.8 Å². The van der Waals surface area contributed by atoms with Gasteiger partial charge in [-0.05, 0) is 62.6 Å². The summed E-state index contributed by atoms with van der Waals surface area (Å²) in [5.41, 5.74) is 0. The number of hydrogen-bond donors (Lipinski definition) is 1. The maximum Gasteiger partial charge on any atom is -0.00205 e. The normalized spacial score (nSPS) is 25.9. The van der Waals surface area contributed by atoms with Crippen molar-refractivity contribution in [2.24, 2.45) is 11.8 Å². The molecule has 1 aliphatic carbocycles. The third-order valence-corrected chi connectivity index (χ3v) is 4.47. The first-order valence-electron chi connectivity index (χ1n) is 7.02. The third-order valence-electron chi connectivity index (χ3n) is 3.77. The maximum atomic E-state index is 3.64.